The summed E-state index contributed by atoms with van der Waals surface area (Å²) in [5.74, 6) is 1.42. The minimum Gasteiger partial charge on any atom is -0.493 e. The molecule has 136 valence electrons. The lowest BCUT2D eigenvalue weighted by Gasteiger charge is -2.36. The van der Waals surface area contributed by atoms with Gasteiger partial charge in [0.2, 0.25) is 0 Å². The molecule has 0 amide bonds. The summed E-state index contributed by atoms with van der Waals surface area (Å²) in [6.07, 6.45) is 6.47. The third kappa shape index (κ3) is 2.49. The van der Waals surface area contributed by atoms with E-state index in [0.29, 0.717) is 30.4 Å². The van der Waals surface area contributed by atoms with Crippen LogP contribution in [0, 0.1) is 11.5 Å². The first-order valence-corrected chi connectivity index (χ1v) is 9.58. The number of nitriles is 1. The number of rotatable bonds is 1. The zero-order valence-electron chi connectivity index (χ0n) is 14.2. The molecule has 0 bridgehead atoms. The van der Waals surface area contributed by atoms with Crippen molar-refractivity contribution < 1.29 is 14.6 Å². The number of aliphatic hydroxyl groups is 1. The molecule has 2 unspecified atom stereocenters. The van der Waals surface area contributed by atoms with Crippen molar-refractivity contribution in [2.24, 2.45) is 0 Å². The van der Waals surface area contributed by atoms with Gasteiger partial charge in [-0.3, -0.25) is 5.32 Å². The number of aliphatic hydroxyl groups excluding tert-OH is 1. The predicted octanol–water partition coefficient (Wildman–Crippen LogP) is 2.34. The Morgan fingerprint density at radius 1 is 1.62 bits per heavy atom. The summed E-state index contributed by atoms with van der Waals surface area (Å²) in [6, 6.07) is 1.91. The number of benzene rings is 1. The maximum Gasteiger partial charge on any atom is 0.183 e. The van der Waals surface area contributed by atoms with Crippen LogP contribution in [-0.4, -0.2) is 41.0 Å². The van der Waals surface area contributed by atoms with Gasteiger partial charge >= 0.3 is 0 Å². The number of halogens is 1. The molecule has 2 heterocycles. The molecule has 4 rings (SSSR count). The molecule has 0 aromatic heterocycles. The summed E-state index contributed by atoms with van der Waals surface area (Å²) < 4.78 is 12.8. The standard InChI is InChI=1S/C18H18BrN3O3S/c1-24-13-7-12(19)11-8-22(17(26)21-9-20)5-4-18-3-2-10(23)6-14(18)25-16(13)15(11)18/h2-3,7,10,14,23H,4-6,8H2,1H3,(H,21,26)/t10-,14?,18?/m0/s1. The van der Waals surface area contributed by atoms with E-state index in [1.54, 1.807) is 7.11 Å². The van der Waals surface area contributed by atoms with Crippen LogP contribution in [0.2, 0.25) is 0 Å². The Balaban J connectivity index is 1.90. The van der Waals surface area contributed by atoms with E-state index in [9.17, 15) is 5.11 Å². The van der Waals surface area contributed by atoms with Gasteiger partial charge in [0, 0.05) is 29.5 Å². The number of hydrogen-bond acceptors (Lipinski definition) is 5. The highest BCUT2D eigenvalue weighted by atomic mass is 79.9. The van der Waals surface area contributed by atoms with E-state index in [1.165, 1.54) is 0 Å². The van der Waals surface area contributed by atoms with Gasteiger partial charge < -0.3 is 19.5 Å². The molecule has 2 N–H and O–H groups in total. The molecule has 26 heavy (non-hydrogen) atoms. The SMILES string of the molecule is COc1cc(Br)c2c3c1OC1C[C@@H](O)C=CC31CCN(C(=S)NC#N)C2. The highest BCUT2D eigenvalue weighted by Crippen LogP contribution is 2.57. The smallest absolute Gasteiger partial charge is 0.183 e. The van der Waals surface area contributed by atoms with E-state index in [-0.39, 0.29) is 11.5 Å². The van der Waals surface area contributed by atoms with E-state index in [0.717, 1.165) is 27.8 Å². The van der Waals surface area contributed by atoms with Crippen LogP contribution in [0.1, 0.15) is 24.0 Å². The Bertz CT molecular complexity index is 853. The van der Waals surface area contributed by atoms with Crippen LogP contribution in [-0.2, 0) is 12.0 Å². The van der Waals surface area contributed by atoms with E-state index in [2.05, 4.69) is 27.3 Å². The van der Waals surface area contributed by atoms with E-state index in [1.807, 2.05) is 23.2 Å². The molecule has 1 spiro atoms. The van der Waals surface area contributed by atoms with Gasteiger partial charge in [-0.1, -0.05) is 28.1 Å². The first-order valence-electron chi connectivity index (χ1n) is 8.38. The Morgan fingerprint density at radius 3 is 3.15 bits per heavy atom. The van der Waals surface area contributed by atoms with Gasteiger partial charge in [-0.2, -0.15) is 5.26 Å². The average Bonchev–Trinajstić information content (AvgIpc) is 2.83. The van der Waals surface area contributed by atoms with E-state index >= 15 is 0 Å². The quantitative estimate of drug-likeness (QED) is 0.303. The average molecular weight is 436 g/mol. The van der Waals surface area contributed by atoms with Crippen LogP contribution < -0.4 is 14.8 Å². The van der Waals surface area contributed by atoms with Crippen molar-refractivity contribution in [3.63, 3.8) is 0 Å². The summed E-state index contributed by atoms with van der Waals surface area (Å²) in [7, 11) is 1.63. The molecule has 6 nitrogen and oxygen atoms in total. The zero-order chi connectivity index (χ0) is 18.5. The first-order chi connectivity index (χ1) is 12.5. The lowest BCUT2D eigenvalue weighted by Crippen LogP contribution is -2.44. The van der Waals surface area contributed by atoms with Crippen molar-refractivity contribution in [2.75, 3.05) is 13.7 Å². The van der Waals surface area contributed by atoms with Gasteiger partial charge in [0.05, 0.1) is 18.6 Å². The van der Waals surface area contributed by atoms with Gasteiger partial charge in [0.25, 0.3) is 0 Å². The monoisotopic (exact) mass is 435 g/mol. The largest absolute Gasteiger partial charge is 0.493 e. The molecule has 2 aliphatic heterocycles. The lowest BCUT2D eigenvalue weighted by molar-refractivity contribution is 0.0833. The molecular formula is C18H18BrN3O3S. The molecule has 3 atom stereocenters. The van der Waals surface area contributed by atoms with Gasteiger partial charge in [-0.25, -0.2) is 0 Å². The van der Waals surface area contributed by atoms with Crippen molar-refractivity contribution in [1.29, 1.82) is 5.26 Å². The zero-order valence-corrected chi connectivity index (χ0v) is 16.6. The summed E-state index contributed by atoms with van der Waals surface area (Å²) in [5.41, 5.74) is 1.83. The Hall–Kier alpha value is -1.82. The molecule has 8 heteroatoms. The number of hydrogen-bond donors (Lipinski definition) is 2. The first kappa shape index (κ1) is 17.6. The van der Waals surface area contributed by atoms with E-state index < -0.39 is 6.10 Å². The topological polar surface area (TPSA) is 77.8 Å². The van der Waals surface area contributed by atoms with Gasteiger partial charge in [-0.05, 0) is 30.3 Å². The normalized spacial score (nSPS) is 28.3. The Morgan fingerprint density at radius 2 is 2.42 bits per heavy atom. The molecule has 1 aromatic carbocycles. The van der Waals surface area contributed by atoms with Crippen LogP contribution in [0.3, 0.4) is 0 Å². The van der Waals surface area contributed by atoms with Crippen LogP contribution in [0.25, 0.3) is 0 Å². The fourth-order valence-electron chi connectivity index (χ4n) is 4.26. The second kappa shape index (κ2) is 6.41. The summed E-state index contributed by atoms with van der Waals surface area (Å²) >= 11 is 9.04. The maximum absolute atomic E-state index is 10.1. The van der Waals surface area contributed by atoms with Crippen molar-refractivity contribution in [1.82, 2.24) is 10.2 Å². The van der Waals surface area contributed by atoms with Gasteiger partial charge in [0.15, 0.2) is 22.8 Å². The van der Waals surface area contributed by atoms with Crippen molar-refractivity contribution in [3.8, 4) is 17.7 Å². The Labute approximate surface area is 165 Å². The third-order valence-corrected chi connectivity index (χ3v) is 6.55. The van der Waals surface area contributed by atoms with Crippen LogP contribution in [0.4, 0.5) is 0 Å². The fraction of sp³-hybridized carbons (Fsp3) is 0.444. The van der Waals surface area contributed by atoms with E-state index in [4.69, 9.17) is 27.0 Å². The minimum absolute atomic E-state index is 0.156. The van der Waals surface area contributed by atoms with Crippen LogP contribution in [0.5, 0.6) is 11.5 Å². The number of thiocarbonyl (C=S) groups is 1. The molecule has 3 aliphatic rings. The summed E-state index contributed by atoms with van der Waals surface area (Å²) in [6.45, 7) is 1.24. The molecule has 0 saturated carbocycles. The number of nitrogens with zero attached hydrogens (tertiary/aromatic N) is 2. The number of ether oxygens (including phenoxy) is 2. The molecule has 0 radical (unpaired) electrons. The highest BCUT2D eigenvalue weighted by Gasteiger charge is 2.53. The highest BCUT2D eigenvalue weighted by molar-refractivity contribution is 9.10. The summed E-state index contributed by atoms with van der Waals surface area (Å²) in [5, 5.41) is 22.0. The predicted molar refractivity (Wildman–Crippen MR) is 103 cm³/mol. The van der Waals surface area contributed by atoms with Gasteiger partial charge in [0.1, 0.15) is 6.10 Å². The van der Waals surface area contributed by atoms with Crippen LogP contribution >= 0.6 is 28.1 Å². The van der Waals surface area contributed by atoms with Crippen LogP contribution in [0.15, 0.2) is 22.7 Å². The maximum atomic E-state index is 10.1. The molecule has 0 fully saturated rings. The Kier molecular flexibility index (Phi) is 4.34. The molecule has 1 aromatic rings. The van der Waals surface area contributed by atoms with Crippen molar-refractivity contribution >= 4 is 33.3 Å². The molecular weight excluding hydrogens is 418 g/mol. The molecule has 1 aliphatic carbocycles. The molecule has 0 saturated heterocycles. The lowest BCUT2D eigenvalue weighted by atomic mass is 9.69. The fourth-order valence-corrected chi connectivity index (χ4v) is 4.99. The van der Waals surface area contributed by atoms with Crippen molar-refractivity contribution in [3.05, 3.63) is 33.8 Å². The number of nitrogens with one attached hydrogen (secondary N) is 1. The third-order valence-electron chi connectivity index (χ3n) is 5.48. The summed E-state index contributed by atoms with van der Waals surface area (Å²) in [4.78, 5) is 1.99. The minimum atomic E-state index is -0.515. The van der Waals surface area contributed by atoms with Crippen molar-refractivity contribution in [2.45, 2.75) is 37.0 Å². The second-order valence-corrected chi connectivity index (χ2v) is 8.01. The van der Waals surface area contributed by atoms with Gasteiger partial charge in [-0.15, -0.1) is 0 Å². The number of methoxy groups -OCH3 is 1. The second-order valence-electron chi connectivity index (χ2n) is 6.77.